The summed E-state index contributed by atoms with van der Waals surface area (Å²) >= 11 is 0. The molecule has 3 heteroatoms. The van der Waals surface area contributed by atoms with E-state index in [1.54, 1.807) is 12.1 Å². The molecule has 0 bridgehead atoms. The first-order valence-corrected chi connectivity index (χ1v) is 4.76. The van der Waals surface area contributed by atoms with Gasteiger partial charge in [0.2, 0.25) is 0 Å². The van der Waals surface area contributed by atoms with Crippen LogP contribution in [-0.4, -0.2) is 16.5 Å². The van der Waals surface area contributed by atoms with Gasteiger partial charge >= 0.3 is 0 Å². The van der Waals surface area contributed by atoms with E-state index in [0.29, 0.717) is 5.75 Å². The van der Waals surface area contributed by atoms with Crippen LogP contribution in [0, 0.1) is 6.61 Å². The molecular weight excluding hydrogens is 192 g/mol. The Balaban J connectivity index is 2.60. The second-order valence-electron chi connectivity index (χ2n) is 3.13. The van der Waals surface area contributed by atoms with Gasteiger partial charge in [-0.25, -0.2) is 0 Å². The van der Waals surface area contributed by atoms with Crippen molar-refractivity contribution >= 4 is 0 Å². The highest BCUT2D eigenvalue weighted by Crippen LogP contribution is 2.16. The smallest absolute Gasteiger partial charge is 0.199 e. The Kier molecular flexibility index (Phi) is 4.87. The van der Waals surface area contributed by atoms with Crippen molar-refractivity contribution in [3.05, 3.63) is 49.1 Å². The molecule has 0 heterocycles. The van der Waals surface area contributed by atoms with E-state index in [2.05, 4.69) is 6.58 Å². The molecule has 0 aliphatic carbocycles. The van der Waals surface area contributed by atoms with E-state index in [1.807, 2.05) is 18.2 Å². The zero-order valence-electron chi connectivity index (χ0n) is 8.47. The van der Waals surface area contributed by atoms with Crippen molar-refractivity contribution in [3.8, 4) is 5.75 Å². The van der Waals surface area contributed by atoms with Gasteiger partial charge in [0.25, 0.3) is 0 Å². The lowest BCUT2D eigenvalue weighted by Crippen LogP contribution is -2.15. The minimum absolute atomic E-state index is 0.0890. The van der Waals surface area contributed by atoms with Gasteiger partial charge in [-0.15, -0.1) is 6.58 Å². The molecule has 0 aliphatic heterocycles. The molecule has 1 radical (unpaired) electrons. The second-order valence-corrected chi connectivity index (χ2v) is 3.13. The number of ether oxygens (including phenoxy) is 1. The highest BCUT2D eigenvalue weighted by molar-refractivity contribution is 5.29. The molecule has 2 N–H and O–H groups in total. The van der Waals surface area contributed by atoms with Crippen LogP contribution in [0.4, 0.5) is 0 Å². The normalized spacial score (nSPS) is 12.1. The van der Waals surface area contributed by atoms with Crippen molar-refractivity contribution < 1.29 is 14.9 Å². The molecule has 81 valence electrons. The van der Waals surface area contributed by atoms with Crippen molar-refractivity contribution in [1.82, 2.24) is 0 Å². The fourth-order valence-electron chi connectivity index (χ4n) is 1.21. The van der Waals surface area contributed by atoms with Crippen molar-refractivity contribution in [2.75, 3.05) is 0 Å². The summed E-state index contributed by atoms with van der Waals surface area (Å²) in [6.07, 6.45) is 1.65. The van der Waals surface area contributed by atoms with Gasteiger partial charge in [-0.05, 0) is 24.1 Å². The van der Waals surface area contributed by atoms with E-state index >= 15 is 0 Å². The molecule has 0 saturated heterocycles. The molecule has 1 atom stereocenters. The summed E-state index contributed by atoms with van der Waals surface area (Å²) in [7, 11) is 0. The molecule has 0 aromatic heterocycles. The molecule has 0 fully saturated rings. The topological polar surface area (TPSA) is 49.7 Å². The number of aliphatic hydroxyl groups excluding tert-OH is 2. The first-order valence-electron chi connectivity index (χ1n) is 4.76. The maximum atomic E-state index is 9.29. The number of rotatable bonds is 6. The van der Waals surface area contributed by atoms with Crippen LogP contribution in [0.15, 0.2) is 36.9 Å². The van der Waals surface area contributed by atoms with E-state index in [0.717, 1.165) is 18.6 Å². The Bertz CT molecular complexity index is 309. The monoisotopic (exact) mass is 207 g/mol. The molecule has 0 amide bonds. The lowest BCUT2D eigenvalue weighted by atomic mass is 10.1. The van der Waals surface area contributed by atoms with Crippen molar-refractivity contribution in [3.63, 3.8) is 0 Å². The van der Waals surface area contributed by atoms with Gasteiger partial charge in [0, 0.05) is 6.42 Å². The zero-order valence-corrected chi connectivity index (χ0v) is 8.47. The predicted molar refractivity (Wildman–Crippen MR) is 57.8 cm³/mol. The van der Waals surface area contributed by atoms with Crippen LogP contribution in [0.25, 0.3) is 0 Å². The number of allylic oxidation sites excluding steroid dienone is 1. The summed E-state index contributed by atoms with van der Waals surface area (Å²) in [5.41, 5.74) is 1.07. The molecule has 3 nitrogen and oxygen atoms in total. The Morgan fingerprint density at radius 2 is 2.27 bits per heavy atom. The van der Waals surface area contributed by atoms with E-state index < -0.39 is 6.29 Å². The minimum atomic E-state index is -1.01. The average molecular weight is 207 g/mol. The van der Waals surface area contributed by atoms with Crippen LogP contribution in [-0.2, 0) is 6.42 Å². The van der Waals surface area contributed by atoms with Gasteiger partial charge in [0.05, 0.1) is 6.61 Å². The first kappa shape index (κ1) is 11.8. The summed E-state index contributed by atoms with van der Waals surface area (Å²) in [5.74, 6) is 0.587. The van der Waals surface area contributed by atoms with Crippen LogP contribution >= 0.6 is 0 Å². The largest absolute Gasteiger partial charge is 0.465 e. The molecule has 1 unspecified atom stereocenters. The number of aliphatic hydroxyl groups is 2. The Morgan fingerprint density at radius 3 is 2.93 bits per heavy atom. The molecule has 0 saturated carbocycles. The van der Waals surface area contributed by atoms with Crippen LogP contribution < -0.4 is 4.74 Å². The summed E-state index contributed by atoms with van der Waals surface area (Å²) < 4.78 is 5.17. The van der Waals surface area contributed by atoms with Gasteiger partial charge in [-0.1, -0.05) is 18.2 Å². The standard InChI is InChI=1S/C12H15O3/c1-2-4-10-5-3-6-11(9-10)15-12(14)7-8-13/h2-3,5-6,8-9,12-14H,1,4,7H2. The first-order chi connectivity index (χ1) is 7.26. The van der Waals surface area contributed by atoms with Crippen LogP contribution in [0.2, 0.25) is 0 Å². The fourth-order valence-corrected chi connectivity index (χ4v) is 1.21. The van der Waals surface area contributed by atoms with E-state index in [1.165, 1.54) is 0 Å². The molecule has 1 rings (SSSR count). The lowest BCUT2D eigenvalue weighted by Gasteiger charge is -2.12. The molecule has 0 aliphatic rings. The summed E-state index contributed by atoms with van der Waals surface area (Å²) in [4.78, 5) is 0. The van der Waals surface area contributed by atoms with Gasteiger partial charge < -0.3 is 14.9 Å². The summed E-state index contributed by atoms with van der Waals surface area (Å²) in [5, 5.41) is 17.8. The average Bonchev–Trinajstić information content (AvgIpc) is 2.19. The number of hydrogen-bond donors (Lipinski definition) is 2. The van der Waals surface area contributed by atoms with Crippen LogP contribution in [0.1, 0.15) is 12.0 Å². The predicted octanol–water partition coefficient (Wildman–Crippen LogP) is 2.04. The second kappa shape index (κ2) is 6.22. The Morgan fingerprint density at radius 1 is 1.47 bits per heavy atom. The van der Waals surface area contributed by atoms with E-state index in [-0.39, 0.29) is 6.42 Å². The third-order valence-corrected chi connectivity index (χ3v) is 1.86. The molecule has 0 spiro atoms. The zero-order chi connectivity index (χ0) is 11.1. The van der Waals surface area contributed by atoms with Crippen LogP contribution in [0.3, 0.4) is 0 Å². The third kappa shape index (κ3) is 4.14. The number of benzene rings is 1. The molecule has 1 aromatic rings. The maximum absolute atomic E-state index is 9.29. The number of hydrogen-bond acceptors (Lipinski definition) is 3. The van der Waals surface area contributed by atoms with Gasteiger partial charge in [0.1, 0.15) is 5.75 Å². The van der Waals surface area contributed by atoms with Gasteiger partial charge in [-0.3, -0.25) is 0 Å². The van der Waals surface area contributed by atoms with Crippen molar-refractivity contribution in [2.45, 2.75) is 19.1 Å². The highest BCUT2D eigenvalue weighted by Gasteiger charge is 2.05. The molecular formula is C12H15O3. The molecule has 1 aromatic carbocycles. The summed E-state index contributed by atoms with van der Waals surface area (Å²) in [6.45, 7) is 4.52. The maximum Gasteiger partial charge on any atom is 0.199 e. The van der Waals surface area contributed by atoms with Crippen LogP contribution in [0.5, 0.6) is 5.75 Å². The van der Waals surface area contributed by atoms with E-state index in [9.17, 15) is 5.11 Å². The Hall–Kier alpha value is -1.32. The van der Waals surface area contributed by atoms with Gasteiger partial charge in [0.15, 0.2) is 6.29 Å². The third-order valence-electron chi connectivity index (χ3n) is 1.86. The quantitative estimate of drug-likeness (QED) is 0.554. The minimum Gasteiger partial charge on any atom is -0.465 e. The van der Waals surface area contributed by atoms with Crippen molar-refractivity contribution in [2.24, 2.45) is 0 Å². The Labute approximate surface area is 89.6 Å². The molecule has 15 heavy (non-hydrogen) atoms. The van der Waals surface area contributed by atoms with E-state index in [4.69, 9.17) is 9.84 Å². The SMILES string of the molecule is C=CCc1cccc(OC(O)C[CH]O)c1. The fraction of sp³-hybridized carbons (Fsp3) is 0.250. The van der Waals surface area contributed by atoms with Crippen molar-refractivity contribution in [1.29, 1.82) is 0 Å². The highest BCUT2D eigenvalue weighted by atomic mass is 16.6. The lowest BCUT2D eigenvalue weighted by molar-refractivity contribution is -0.0237. The van der Waals surface area contributed by atoms with Gasteiger partial charge in [-0.2, -0.15) is 0 Å². The summed E-state index contributed by atoms with van der Waals surface area (Å²) in [6, 6.07) is 7.40.